The van der Waals surface area contributed by atoms with E-state index in [2.05, 4.69) is 12.7 Å². The van der Waals surface area contributed by atoms with E-state index in [1.807, 2.05) is 48.5 Å². The van der Waals surface area contributed by atoms with Crippen LogP contribution in [0.15, 0.2) is 59.0 Å². The monoisotopic (exact) mass is 234 g/mol. The Morgan fingerprint density at radius 3 is 2.72 bits per heavy atom. The highest BCUT2D eigenvalue weighted by molar-refractivity contribution is 5.78. The average Bonchev–Trinajstić information content (AvgIpc) is 3.02. The van der Waals surface area contributed by atoms with Gasteiger partial charge in [-0.3, -0.25) is 0 Å². The van der Waals surface area contributed by atoms with Gasteiger partial charge in [0.15, 0.2) is 0 Å². The summed E-state index contributed by atoms with van der Waals surface area (Å²) in [5, 5.41) is 1.11. The van der Waals surface area contributed by atoms with Gasteiger partial charge in [-0.05, 0) is 18.2 Å². The molecule has 1 unspecified atom stereocenters. The first-order chi connectivity index (χ1) is 8.92. The Balaban J connectivity index is 1.85. The van der Waals surface area contributed by atoms with Gasteiger partial charge < -0.3 is 9.15 Å². The van der Waals surface area contributed by atoms with E-state index in [0.717, 1.165) is 28.0 Å². The summed E-state index contributed by atoms with van der Waals surface area (Å²) in [7, 11) is 0. The van der Waals surface area contributed by atoms with Gasteiger partial charge in [0.25, 0.3) is 0 Å². The van der Waals surface area contributed by atoms with Crippen molar-refractivity contribution in [2.45, 2.75) is 5.92 Å². The fourth-order valence-corrected chi connectivity index (χ4v) is 2.35. The maximum absolute atomic E-state index is 5.87. The summed E-state index contributed by atoms with van der Waals surface area (Å²) in [6.45, 7) is 3.01. The summed E-state index contributed by atoms with van der Waals surface area (Å²) < 4.78 is 11.3. The van der Waals surface area contributed by atoms with Crippen molar-refractivity contribution in [3.05, 3.63) is 72.5 Å². The molecule has 4 rings (SSSR count). The molecular formula is C16H10O2. The first-order valence-electron chi connectivity index (χ1n) is 5.91. The molecule has 2 nitrogen and oxygen atoms in total. The van der Waals surface area contributed by atoms with Crippen LogP contribution >= 0.6 is 0 Å². The van der Waals surface area contributed by atoms with E-state index in [1.54, 1.807) is 0 Å². The van der Waals surface area contributed by atoms with Crippen LogP contribution in [0.2, 0.25) is 0 Å². The quantitative estimate of drug-likeness (QED) is 0.635. The lowest BCUT2D eigenvalue weighted by Gasteiger charge is -2.02. The molecule has 2 radical (unpaired) electrons. The minimum absolute atomic E-state index is 0.0337. The van der Waals surface area contributed by atoms with Crippen molar-refractivity contribution in [2.75, 3.05) is 0 Å². The third kappa shape index (κ3) is 1.35. The van der Waals surface area contributed by atoms with Crippen molar-refractivity contribution in [1.29, 1.82) is 0 Å². The van der Waals surface area contributed by atoms with Crippen LogP contribution in [0.4, 0.5) is 0 Å². The third-order valence-corrected chi connectivity index (χ3v) is 3.25. The van der Waals surface area contributed by atoms with Gasteiger partial charge in [0.05, 0.1) is 5.92 Å². The van der Waals surface area contributed by atoms with Gasteiger partial charge in [0, 0.05) is 10.9 Å². The molecule has 0 amide bonds. The Hall–Kier alpha value is -2.22. The van der Waals surface area contributed by atoms with Gasteiger partial charge >= 0.3 is 0 Å². The van der Waals surface area contributed by atoms with Crippen LogP contribution in [-0.2, 0) is 0 Å². The first kappa shape index (κ1) is 9.77. The highest BCUT2D eigenvalue weighted by Gasteiger charge is 2.29. The smallest absolute Gasteiger partial charge is 0.212 e. The normalized spacial score (nSPS) is 17.7. The molecular weight excluding hydrogens is 224 g/mol. The molecule has 2 aromatic carbocycles. The van der Waals surface area contributed by atoms with Crippen LogP contribution in [-0.4, -0.2) is 0 Å². The van der Waals surface area contributed by atoms with Gasteiger partial charge in [-0.25, -0.2) is 0 Å². The number of furan rings is 1. The van der Waals surface area contributed by atoms with Gasteiger partial charge in [0.2, 0.25) is 6.61 Å². The van der Waals surface area contributed by atoms with Crippen molar-refractivity contribution in [3.8, 4) is 5.75 Å². The van der Waals surface area contributed by atoms with Crippen LogP contribution < -0.4 is 4.74 Å². The molecule has 2 heterocycles. The third-order valence-electron chi connectivity index (χ3n) is 3.25. The van der Waals surface area contributed by atoms with E-state index >= 15 is 0 Å². The summed E-state index contributed by atoms with van der Waals surface area (Å²) in [5.41, 5.74) is 2.01. The molecule has 0 spiro atoms. The fraction of sp³-hybridized carbons (Fsp3) is 0.0625. The predicted molar refractivity (Wildman–Crippen MR) is 68.4 cm³/mol. The van der Waals surface area contributed by atoms with E-state index in [1.165, 1.54) is 0 Å². The Kier molecular flexibility index (Phi) is 1.97. The molecule has 0 bridgehead atoms. The van der Waals surface area contributed by atoms with E-state index in [0.29, 0.717) is 0 Å². The molecule has 1 atom stereocenters. The van der Waals surface area contributed by atoms with Crippen LogP contribution in [0.5, 0.6) is 5.75 Å². The van der Waals surface area contributed by atoms with Gasteiger partial charge in [-0.2, -0.15) is 0 Å². The summed E-state index contributed by atoms with van der Waals surface area (Å²) >= 11 is 0. The van der Waals surface area contributed by atoms with E-state index in [9.17, 15) is 0 Å². The molecule has 0 saturated heterocycles. The van der Waals surface area contributed by atoms with Crippen LogP contribution in [0.25, 0.3) is 11.0 Å². The standard InChI is InChI=1S/C16H10O2/c1-3-7-14-11(5-1)9-16(18-14)13-10-17-15-8-4-2-6-12(13)15/h1-9,13H. The molecule has 0 fully saturated rings. The minimum atomic E-state index is -0.0337. The fourth-order valence-electron chi connectivity index (χ4n) is 2.35. The van der Waals surface area contributed by atoms with Crippen molar-refractivity contribution in [2.24, 2.45) is 0 Å². The Labute approximate surface area is 105 Å². The second-order valence-electron chi connectivity index (χ2n) is 4.38. The first-order valence-corrected chi connectivity index (χ1v) is 5.91. The van der Waals surface area contributed by atoms with E-state index < -0.39 is 0 Å². The molecule has 0 saturated carbocycles. The topological polar surface area (TPSA) is 22.4 Å². The molecule has 1 aliphatic heterocycles. The molecule has 0 N–H and O–H groups in total. The summed E-state index contributed by atoms with van der Waals surface area (Å²) in [4.78, 5) is 0. The second kappa shape index (κ2) is 3.64. The number of hydrogen-bond donors (Lipinski definition) is 0. The van der Waals surface area contributed by atoms with Crippen LogP contribution in [0.1, 0.15) is 17.2 Å². The van der Waals surface area contributed by atoms with E-state index in [4.69, 9.17) is 9.15 Å². The van der Waals surface area contributed by atoms with Gasteiger partial charge in [-0.1, -0.05) is 36.4 Å². The minimum Gasteiger partial charge on any atom is -0.477 e. The average molecular weight is 234 g/mol. The maximum atomic E-state index is 5.87. The molecule has 1 aliphatic rings. The summed E-state index contributed by atoms with van der Waals surface area (Å²) in [6.07, 6.45) is 0. The number of hydrogen-bond acceptors (Lipinski definition) is 2. The molecule has 18 heavy (non-hydrogen) atoms. The van der Waals surface area contributed by atoms with Crippen LogP contribution in [0, 0.1) is 6.61 Å². The summed E-state index contributed by atoms with van der Waals surface area (Å²) in [6, 6.07) is 18.0. The zero-order valence-electron chi connectivity index (χ0n) is 9.59. The molecule has 2 heteroatoms. The SMILES string of the molecule is [C]1Oc2ccccc2C1c1cc2ccccc2o1. The molecule has 86 valence electrons. The molecule has 1 aromatic heterocycles. The lowest BCUT2D eigenvalue weighted by atomic mass is 9.99. The molecule has 3 aromatic rings. The van der Waals surface area contributed by atoms with Gasteiger partial charge in [-0.15, -0.1) is 0 Å². The Morgan fingerprint density at radius 1 is 0.944 bits per heavy atom. The number of rotatable bonds is 1. The number of para-hydroxylation sites is 2. The zero-order valence-corrected chi connectivity index (χ0v) is 9.59. The van der Waals surface area contributed by atoms with Crippen LogP contribution in [0.3, 0.4) is 0 Å². The Bertz CT molecular complexity index is 679. The van der Waals surface area contributed by atoms with E-state index in [-0.39, 0.29) is 5.92 Å². The molecule has 0 aliphatic carbocycles. The largest absolute Gasteiger partial charge is 0.477 e. The van der Waals surface area contributed by atoms with Crippen molar-refractivity contribution < 1.29 is 9.15 Å². The highest BCUT2D eigenvalue weighted by Crippen LogP contribution is 2.41. The predicted octanol–water partition coefficient (Wildman–Crippen LogP) is 4.00. The highest BCUT2D eigenvalue weighted by atomic mass is 16.5. The lowest BCUT2D eigenvalue weighted by Crippen LogP contribution is -1.94. The number of fused-ring (bicyclic) bond motifs is 2. The maximum Gasteiger partial charge on any atom is 0.212 e. The number of ether oxygens (including phenoxy) is 1. The van der Waals surface area contributed by atoms with Crippen molar-refractivity contribution in [3.63, 3.8) is 0 Å². The number of benzene rings is 2. The van der Waals surface area contributed by atoms with Crippen molar-refractivity contribution in [1.82, 2.24) is 0 Å². The summed E-state index contributed by atoms with van der Waals surface area (Å²) in [5.74, 6) is 1.71. The van der Waals surface area contributed by atoms with Crippen molar-refractivity contribution >= 4 is 11.0 Å². The van der Waals surface area contributed by atoms with Gasteiger partial charge in [0.1, 0.15) is 17.1 Å². The zero-order chi connectivity index (χ0) is 11.9. The second-order valence-corrected chi connectivity index (χ2v) is 4.38. The lowest BCUT2D eigenvalue weighted by molar-refractivity contribution is 0.409. The Morgan fingerprint density at radius 2 is 1.78 bits per heavy atom.